The van der Waals surface area contributed by atoms with E-state index in [2.05, 4.69) is 18.8 Å². The van der Waals surface area contributed by atoms with Crippen molar-refractivity contribution in [2.75, 3.05) is 0 Å². The second-order valence-electron chi connectivity index (χ2n) is 5.50. The lowest BCUT2D eigenvalue weighted by molar-refractivity contribution is -0.148. The van der Waals surface area contributed by atoms with Crippen LogP contribution in [-0.2, 0) is 14.3 Å². The molecule has 0 aliphatic heterocycles. The van der Waals surface area contributed by atoms with Crippen LogP contribution in [0.15, 0.2) is 0 Å². The molecule has 1 atom stereocenters. The number of carbonyl (C=O) groups excluding carboxylic acids is 1. The van der Waals surface area contributed by atoms with E-state index in [4.69, 9.17) is 9.84 Å². The minimum absolute atomic E-state index is 0.0320. The normalized spacial score (nSPS) is 11.4. The SMILES string of the molecule is CCCCCCCCC#C[C@@H](CCC(=O)O)OC(=O)CCC. The third kappa shape index (κ3) is 13.5. The van der Waals surface area contributed by atoms with Crippen molar-refractivity contribution in [2.45, 2.75) is 90.6 Å². The van der Waals surface area contributed by atoms with E-state index in [1.165, 1.54) is 32.1 Å². The van der Waals surface area contributed by atoms with Crippen LogP contribution in [0.4, 0.5) is 0 Å². The van der Waals surface area contributed by atoms with Crippen molar-refractivity contribution >= 4 is 11.9 Å². The third-order valence-corrected chi connectivity index (χ3v) is 3.27. The van der Waals surface area contributed by atoms with Gasteiger partial charge in [0.1, 0.15) is 0 Å². The van der Waals surface area contributed by atoms with Crippen molar-refractivity contribution in [3.05, 3.63) is 0 Å². The summed E-state index contributed by atoms with van der Waals surface area (Å²) in [6, 6.07) is 0. The zero-order chi connectivity index (χ0) is 16.6. The van der Waals surface area contributed by atoms with Crippen molar-refractivity contribution in [1.29, 1.82) is 0 Å². The Bertz CT molecular complexity index is 365. The molecule has 0 rings (SSSR count). The Balaban J connectivity index is 4.07. The average Bonchev–Trinajstić information content (AvgIpc) is 2.47. The fraction of sp³-hybridized carbons (Fsp3) is 0.778. The molecule has 0 radical (unpaired) electrons. The van der Waals surface area contributed by atoms with E-state index in [1.807, 2.05) is 6.92 Å². The van der Waals surface area contributed by atoms with Crippen LogP contribution in [0.25, 0.3) is 0 Å². The van der Waals surface area contributed by atoms with Crippen LogP contribution < -0.4 is 0 Å². The zero-order valence-electron chi connectivity index (χ0n) is 14.0. The number of unbranched alkanes of at least 4 members (excludes halogenated alkanes) is 6. The molecule has 0 unspecified atom stereocenters. The Morgan fingerprint density at radius 1 is 1.00 bits per heavy atom. The highest BCUT2D eigenvalue weighted by atomic mass is 16.5. The molecule has 0 saturated heterocycles. The molecule has 0 amide bonds. The van der Waals surface area contributed by atoms with Crippen molar-refractivity contribution in [2.24, 2.45) is 0 Å². The summed E-state index contributed by atoms with van der Waals surface area (Å²) in [6.07, 6.45) is 8.75. The molecule has 0 spiro atoms. The summed E-state index contributed by atoms with van der Waals surface area (Å²) in [5.41, 5.74) is 0. The molecule has 0 saturated carbocycles. The minimum atomic E-state index is -0.894. The van der Waals surface area contributed by atoms with Gasteiger partial charge in [0.2, 0.25) is 0 Å². The van der Waals surface area contributed by atoms with E-state index in [9.17, 15) is 9.59 Å². The maximum absolute atomic E-state index is 11.5. The van der Waals surface area contributed by atoms with E-state index in [0.717, 1.165) is 19.3 Å². The molecule has 126 valence electrons. The number of ether oxygens (including phenoxy) is 1. The number of rotatable bonds is 12. The molecule has 0 heterocycles. The number of aliphatic carboxylic acids is 1. The molecular formula is C18H30O4. The molecule has 4 heteroatoms. The van der Waals surface area contributed by atoms with Crippen LogP contribution >= 0.6 is 0 Å². The molecule has 0 aromatic carbocycles. The quantitative estimate of drug-likeness (QED) is 0.331. The first kappa shape index (κ1) is 20.5. The van der Waals surface area contributed by atoms with Crippen molar-refractivity contribution in [3.63, 3.8) is 0 Å². The fourth-order valence-corrected chi connectivity index (χ4v) is 2.02. The molecule has 0 aromatic heterocycles. The smallest absolute Gasteiger partial charge is 0.307 e. The molecule has 0 aliphatic rings. The predicted octanol–water partition coefficient (Wildman–Crippen LogP) is 4.32. The van der Waals surface area contributed by atoms with Gasteiger partial charge < -0.3 is 9.84 Å². The zero-order valence-corrected chi connectivity index (χ0v) is 14.0. The molecule has 0 aromatic rings. The Kier molecular flexibility index (Phi) is 13.5. The van der Waals surface area contributed by atoms with Crippen molar-refractivity contribution in [3.8, 4) is 11.8 Å². The third-order valence-electron chi connectivity index (χ3n) is 3.27. The maximum Gasteiger partial charge on any atom is 0.307 e. The first-order chi connectivity index (χ1) is 10.6. The number of carboxylic acid groups (broad SMARTS) is 1. The van der Waals surface area contributed by atoms with Crippen LogP contribution in [0.3, 0.4) is 0 Å². The van der Waals surface area contributed by atoms with Gasteiger partial charge in [0.15, 0.2) is 6.10 Å². The van der Waals surface area contributed by atoms with Gasteiger partial charge in [-0.3, -0.25) is 9.59 Å². The number of hydrogen-bond acceptors (Lipinski definition) is 3. The van der Waals surface area contributed by atoms with Crippen LogP contribution in [0, 0.1) is 11.8 Å². The standard InChI is InChI=1S/C18H30O4/c1-3-5-6-7-8-9-10-11-13-16(14-15-17(19)20)22-18(21)12-4-2/h16H,3-10,12,14-15H2,1-2H3,(H,19,20)/t16-/m0/s1. The lowest BCUT2D eigenvalue weighted by atomic mass is 10.1. The van der Waals surface area contributed by atoms with Gasteiger partial charge in [-0.2, -0.15) is 0 Å². The van der Waals surface area contributed by atoms with Crippen LogP contribution in [0.5, 0.6) is 0 Å². The van der Waals surface area contributed by atoms with Gasteiger partial charge in [0.05, 0.1) is 0 Å². The number of carboxylic acids is 1. The minimum Gasteiger partial charge on any atom is -0.481 e. The summed E-state index contributed by atoms with van der Waals surface area (Å²) in [4.78, 5) is 22.1. The Hall–Kier alpha value is -1.50. The van der Waals surface area contributed by atoms with Gasteiger partial charge in [0.25, 0.3) is 0 Å². The number of hydrogen-bond donors (Lipinski definition) is 1. The summed E-state index contributed by atoms with van der Waals surface area (Å²) in [5, 5.41) is 8.72. The summed E-state index contributed by atoms with van der Waals surface area (Å²) in [7, 11) is 0. The van der Waals surface area contributed by atoms with Crippen molar-refractivity contribution < 1.29 is 19.4 Å². The fourth-order valence-electron chi connectivity index (χ4n) is 2.02. The van der Waals surface area contributed by atoms with E-state index < -0.39 is 12.1 Å². The average molecular weight is 310 g/mol. The van der Waals surface area contributed by atoms with E-state index in [-0.39, 0.29) is 18.8 Å². The molecule has 22 heavy (non-hydrogen) atoms. The van der Waals surface area contributed by atoms with Gasteiger partial charge in [-0.1, -0.05) is 57.8 Å². The largest absolute Gasteiger partial charge is 0.481 e. The second kappa shape index (κ2) is 14.4. The summed E-state index contributed by atoms with van der Waals surface area (Å²) in [5.74, 6) is 4.74. The summed E-state index contributed by atoms with van der Waals surface area (Å²) in [6.45, 7) is 4.10. The molecular weight excluding hydrogens is 280 g/mol. The lowest BCUT2D eigenvalue weighted by Crippen LogP contribution is -2.17. The Morgan fingerprint density at radius 2 is 1.68 bits per heavy atom. The van der Waals surface area contributed by atoms with Crippen molar-refractivity contribution in [1.82, 2.24) is 0 Å². The number of carbonyl (C=O) groups is 2. The Morgan fingerprint density at radius 3 is 2.32 bits per heavy atom. The Labute approximate surface area is 134 Å². The van der Waals surface area contributed by atoms with Crippen LogP contribution in [0.1, 0.15) is 84.5 Å². The van der Waals surface area contributed by atoms with E-state index >= 15 is 0 Å². The molecule has 4 nitrogen and oxygen atoms in total. The highest BCUT2D eigenvalue weighted by Gasteiger charge is 2.12. The van der Waals surface area contributed by atoms with E-state index in [1.54, 1.807) is 0 Å². The van der Waals surface area contributed by atoms with Gasteiger partial charge >= 0.3 is 11.9 Å². The molecule has 0 fully saturated rings. The highest BCUT2D eigenvalue weighted by molar-refractivity contribution is 5.70. The van der Waals surface area contributed by atoms with Crippen LogP contribution in [-0.4, -0.2) is 23.1 Å². The van der Waals surface area contributed by atoms with E-state index in [0.29, 0.717) is 6.42 Å². The van der Waals surface area contributed by atoms with Gasteiger partial charge in [-0.15, -0.1) is 0 Å². The first-order valence-corrected chi connectivity index (χ1v) is 8.49. The van der Waals surface area contributed by atoms with Gasteiger partial charge in [-0.25, -0.2) is 0 Å². The molecule has 0 bridgehead atoms. The summed E-state index contributed by atoms with van der Waals surface area (Å²) < 4.78 is 5.23. The van der Waals surface area contributed by atoms with Gasteiger partial charge in [0, 0.05) is 25.7 Å². The first-order valence-electron chi connectivity index (χ1n) is 8.49. The molecule has 0 aliphatic carbocycles. The second-order valence-corrected chi connectivity index (χ2v) is 5.50. The topological polar surface area (TPSA) is 63.6 Å². The maximum atomic E-state index is 11.5. The van der Waals surface area contributed by atoms with Crippen LogP contribution in [0.2, 0.25) is 0 Å². The molecule has 1 N–H and O–H groups in total. The highest BCUT2D eigenvalue weighted by Crippen LogP contribution is 2.07. The van der Waals surface area contributed by atoms with Gasteiger partial charge in [-0.05, 0) is 12.8 Å². The summed E-state index contributed by atoms with van der Waals surface area (Å²) >= 11 is 0. The monoisotopic (exact) mass is 310 g/mol. The lowest BCUT2D eigenvalue weighted by Gasteiger charge is -2.11. The predicted molar refractivity (Wildman–Crippen MR) is 87.4 cm³/mol. The number of esters is 1.